The Kier molecular flexibility index (Phi) is 12.7. The molecule has 7 heteroatoms. The molecule has 0 radical (unpaired) electrons. The Bertz CT molecular complexity index is 796. The third kappa shape index (κ3) is 11.4. The van der Waals surface area contributed by atoms with Crippen molar-refractivity contribution in [3.8, 4) is 0 Å². The number of Topliss-reactive ketones (excluding diaryl/α,β-unsaturated/α-hetero) is 1. The Morgan fingerprint density at radius 1 is 1.12 bits per heavy atom. The molecule has 0 bridgehead atoms. The van der Waals surface area contributed by atoms with Crippen molar-refractivity contribution in [1.29, 1.82) is 0 Å². The lowest BCUT2D eigenvalue weighted by molar-refractivity contribution is -0.118. The topological polar surface area (TPSA) is 80.6 Å². The number of alkyl carbamates (subject to hydrolysis) is 1. The van der Waals surface area contributed by atoms with Gasteiger partial charge in [0.25, 0.3) is 0 Å². The van der Waals surface area contributed by atoms with Gasteiger partial charge in [-0.15, -0.1) is 11.8 Å². The van der Waals surface area contributed by atoms with Gasteiger partial charge < -0.3 is 19.8 Å². The zero-order valence-corrected chi connectivity index (χ0v) is 20.9. The maximum atomic E-state index is 12.9. The van der Waals surface area contributed by atoms with Gasteiger partial charge in [-0.25, -0.2) is 4.79 Å². The largest absolute Gasteiger partial charge is 0.468 e. The van der Waals surface area contributed by atoms with E-state index in [1.165, 1.54) is 0 Å². The van der Waals surface area contributed by atoms with Crippen molar-refractivity contribution in [3.05, 3.63) is 60.1 Å². The molecule has 2 aromatic rings. The molecule has 0 spiro atoms. The van der Waals surface area contributed by atoms with Crippen molar-refractivity contribution >= 4 is 23.6 Å². The normalized spacial score (nSPS) is 13.0. The van der Waals surface area contributed by atoms with Crippen molar-refractivity contribution in [2.75, 3.05) is 12.3 Å². The quantitative estimate of drug-likeness (QED) is 0.331. The molecule has 1 heterocycles. The number of carbonyl (C=O) groups is 2. The summed E-state index contributed by atoms with van der Waals surface area (Å²) in [5.41, 5.74) is 0.948. The number of amides is 1. The number of ether oxygens (including phenoxy) is 1. The van der Waals surface area contributed by atoms with E-state index in [1.54, 1.807) is 18.0 Å². The zero-order valence-electron chi connectivity index (χ0n) is 20.0. The van der Waals surface area contributed by atoms with Crippen molar-refractivity contribution in [2.24, 2.45) is 5.92 Å². The number of benzene rings is 1. The van der Waals surface area contributed by atoms with Crippen LogP contribution in [0.15, 0.2) is 53.1 Å². The molecule has 1 aromatic carbocycles. The van der Waals surface area contributed by atoms with Gasteiger partial charge in [0.05, 0.1) is 23.8 Å². The fourth-order valence-corrected chi connectivity index (χ4v) is 4.38. The van der Waals surface area contributed by atoms with Gasteiger partial charge in [-0.3, -0.25) is 4.79 Å². The van der Waals surface area contributed by atoms with Crippen LogP contribution in [-0.4, -0.2) is 36.3 Å². The maximum Gasteiger partial charge on any atom is 0.407 e. The second kappa shape index (κ2) is 15.6. The van der Waals surface area contributed by atoms with Crippen LogP contribution < -0.4 is 10.6 Å². The number of rotatable bonds is 16. The molecule has 0 aliphatic heterocycles. The fraction of sp³-hybridized carbons (Fsp3) is 0.538. The van der Waals surface area contributed by atoms with E-state index in [0.717, 1.165) is 37.0 Å². The first-order chi connectivity index (χ1) is 16.0. The molecule has 0 fully saturated rings. The van der Waals surface area contributed by atoms with Gasteiger partial charge in [-0.05, 0) is 36.5 Å². The number of carbonyl (C=O) groups excluding carboxylic acids is 2. The van der Waals surface area contributed by atoms with Crippen LogP contribution in [0.2, 0.25) is 0 Å². The number of hydrogen-bond acceptors (Lipinski definition) is 6. The van der Waals surface area contributed by atoms with Crippen LogP contribution in [0.25, 0.3) is 0 Å². The van der Waals surface area contributed by atoms with Gasteiger partial charge in [0.1, 0.15) is 12.4 Å². The van der Waals surface area contributed by atoms with Crippen molar-refractivity contribution in [1.82, 2.24) is 10.6 Å². The van der Waals surface area contributed by atoms with Gasteiger partial charge in [0.15, 0.2) is 5.78 Å². The Labute approximate surface area is 202 Å². The highest BCUT2D eigenvalue weighted by molar-refractivity contribution is 7.99. The molecule has 1 amide bonds. The Morgan fingerprint density at radius 3 is 2.58 bits per heavy atom. The first kappa shape index (κ1) is 27.0. The van der Waals surface area contributed by atoms with Gasteiger partial charge in [0.2, 0.25) is 0 Å². The van der Waals surface area contributed by atoms with Gasteiger partial charge in [-0.1, -0.05) is 63.9 Å². The third-order valence-electron chi connectivity index (χ3n) is 5.21. The van der Waals surface area contributed by atoms with Crippen LogP contribution in [-0.2, 0) is 21.9 Å². The first-order valence-electron chi connectivity index (χ1n) is 11.8. The number of ketones is 1. The number of furan rings is 1. The van der Waals surface area contributed by atoms with E-state index in [1.807, 2.05) is 42.5 Å². The molecule has 0 saturated heterocycles. The van der Waals surface area contributed by atoms with Crippen LogP contribution in [0, 0.1) is 5.92 Å². The highest BCUT2D eigenvalue weighted by Gasteiger charge is 2.21. The summed E-state index contributed by atoms with van der Waals surface area (Å²) < 4.78 is 10.7. The van der Waals surface area contributed by atoms with Gasteiger partial charge >= 0.3 is 6.09 Å². The van der Waals surface area contributed by atoms with E-state index in [0.29, 0.717) is 24.0 Å². The lowest BCUT2D eigenvalue weighted by Gasteiger charge is -2.24. The Hall–Kier alpha value is -2.25. The number of unbranched alkanes of at least 4 members (excludes halogenated alkanes) is 1. The number of nitrogens with one attached hydrogen (secondary N) is 2. The van der Waals surface area contributed by atoms with Crippen molar-refractivity contribution in [3.63, 3.8) is 0 Å². The Balaban J connectivity index is 1.84. The van der Waals surface area contributed by atoms with E-state index < -0.39 is 6.09 Å². The third-order valence-corrected chi connectivity index (χ3v) is 6.18. The van der Waals surface area contributed by atoms with E-state index >= 15 is 0 Å². The molecule has 2 N–H and O–H groups in total. The lowest BCUT2D eigenvalue weighted by Crippen LogP contribution is -2.48. The molecular formula is C26H38N2O4S. The molecule has 0 saturated carbocycles. The average Bonchev–Trinajstić information content (AvgIpc) is 3.31. The number of thioether (sulfide) groups is 1. The SMILES string of the molecule is CCCCC(NCC(CC(C)C)NC(=O)OCc1ccccc1)C(=O)CSCc1ccco1. The molecule has 2 unspecified atom stereocenters. The predicted molar refractivity (Wildman–Crippen MR) is 134 cm³/mol. The minimum atomic E-state index is -0.434. The molecule has 33 heavy (non-hydrogen) atoms. The summed E-state index contributed by atoms with van der Waals surface area (Å²) in [6, 6.07) is 13.1. The zero-order chi connectivity index (χ0) is 23.9. The molecule has 0 aliphatic rings. The van der Waals surface area contributed by atoms with Gasteiger partial charge in [-0.2, -0.15) is 0 Å². The van der Waals surface area contributed by atoms with Crippen LogP contribution in [0.1, 0.15) is 57.8 Å². The van der Waals surface area contributed by atoms with Crippen LogP contribution in [0.5, 0.6) is 0 Å². The molecule has 1 aromatic heterocycles. The van der Waals surface area contributed by atoms with E-state index in [4.69, 9.17) is 9.15 Å². The molecule has 182 valence electrons. The van der Waals surface area contributed by atoms with Crippen molar-refractivity contribution < 1.29 is 18.7 Å². The summed E-state index contributed by atoms with van der Waals surface area (Å²) in [7, 11) is 0. The molecular weight excluding hydrogens is 436 g/mol. The maximum absolute atomic E-state index is 12.9. The summed E-state index contributed by atoms with van der Waals surface area (Å²) >= 11 is 1.57. The number of hydrogen-bond donors (Lipinski definition) is 2. The molecule has 2 rings (SSSR count). The average molecular weight is 475 g/mol. The van der Waals surface area contributed by atoms with Crippen molar-refractivity contribution in [2.45, 2.75) is 70.9 Å². The predicted octanol–water partition coefficient (Wildman–Crippen LogP) is 5.57. The minimum Gasteiger partial charge on any atom is -0.468 e. The fourth-order valence-electron chi connectivity index (χ4n) is 3.51. The second-order valence-corrected chi connectivity index (χ2v) is 9.66. The molecule has 6 nitrogen and oxygen atoms in total. The molecule has 0 aliphatic carbocycles. The monoisotopic (exact) mass is 474 g/mol. The van der Waals surface area contributed by atoms with Crippen LogP contribution >= 0.6 is 11.8 Å². The summed E-state index contributed by atoms with van der Waals surface area (Å²) in [6.45, 7) is 7.13. The summed E-state index contributed by atoms with van der Waals surface area (Å²) in [5.74, 6) is 2.59. The minimum absolute atomic E-state index is 0.110. The summed E-state index contributed by atoms with van der Waals surface area (Å²) in [5, 5.41) is 6.40. The first-order valence-corrected chi connectivity index (χ1v) is 13.0. The highest BCUT2D eigenvalue weighted by atomic mass is 32.2. The van der Waals surface area contributed by atoms with Crippen LogP contribution in [0.3, 0.4) is 0 Å². The summed E-state index contributed by atoms with van der Waals surface area (Å²) in [6.07, 6.45) is 4.82. The standard InChI is InChI=1S/C26H38N2O4S/c1-4-5-13-24(25(29)19-33-18-23-12-9-14-31-23)27-16-22(15-20(2)3)28-26(30)32-17-21-10-7-6-8-11-21/h6-12,14,20,22,24,27H,4-5,13,15-19H2,1-3H3,(H,28,30). The van der Waals surface area contributed by atoms with E-state index in [-0.39, 0.29) is 24.5 Å². The van der Waals surface area contributed by atoms with Crippen LogP contribution in [0.4, 0.5) is 4.79 Å². The highest BCUT2D eigenvalue weighted by Crippen LogP contribution is 2.15. The summed E-state index contributed by atoms with van der Waals surface area (Å²) in [4.78, 5) is 25.2. The van der Waals surface area contributed by atoms with Gasteiger partial charge in [0, 0.05) is 12.6 Å². The van der Waals surface area contributed by atoms with E-state index in [9.17, 15) is 9.59 Å². The molecule has 2 atom stereocenters. The van der Waals surface area contributed by atoms with E-state index in [2.05, 4.69) is 31.4 Å². The lowest BCUT2D eigenvalue weighted by atomic mass is 10.0. The second-order valence-electron chi connectivity index (χ2n) is 8.67. The smallest absolute Gasteiger partial charge is 0.407 e. The Morgan fingerprint density at radius 2 is 1.91 bits per heavy atom.